The molecular weight excluding hydrogens is 238 g/mol. The largest absolute Gasteiger partial charge is 0.564 e. The van der Waals surface area contributed by atoms with Crippen molar-refractivity contribution in [3.63, 3.8) is 0 Å². The van der Waals surface area contributed by atoms with Crippen molar-refractivity contribution in [1.82, 2.24) is 0 Å². The molecule has 1 fully saturated rings. The van der Waals surface area contributed by atoms with Gasteiger partial charge in [-0.05, 0) is 5.39 Å². The molecule has 0 aromatic rings. The molecule has 17 heavy (non-hydrogen) atoms. The predicted molar refractivity (Wildman–Crippen MR) is 50.0 cm³/mol. The van der Waals surface area contributed by atoms with Gasteiger partial charge in [-0.2, -0.15) is 10.1 Å². The third-order valence-corrected chi connectivity index (χ3v) is 2.66. The smallest absolute Gasteiger partial charge is 0.186 e. The van der Waals surface area contributed by atoms with Crippen molar-refractivity contribution in [3.8, 4) is 0 Å². The van der Waals surface area contributed by atoms with Crippen LogP contribution in [0.3, 0.4) is 0 Å². The standard InChI is InChI=1S/C8H17NO8/c1-4-5(3-15-17-9(12)13)16-8(14-2)7(11)6(4)10/h4-12H,3H2,1-2H3. The number of ether oxygens (including phenoxy) is 2. The summed E-state index contributed by atoms with van der Waals surface area (Å²) in [4.78, 5) is 8.28. The van der Waals surface area contributed by atoms with Crippen LogP contribution in [-0.4, -0.2) is 53.7 Å². The lowest BCUT2D eigenvalue weighted by atomic mass is 9.91. The number of rotatable bonds is 5. The van der Waals surface area contributed by atoms with Crippen LogP contribution in [-0.2, 0) is 19.3 Å². The third kappa shape index (κ3) is 3.81. The Balaban J connectivity index is 2.47. The SMILES string of the molecule is COC1OC(COO[NH+]([O-])O)C(C)C(O)C1O. The molecule has 9 heteroatoms. The highest BCUT2D eigenvalue weighted by Gasteiger charge is 2.42. The van der Waals surface area contributed by atoms with E-state index in [9.17, 15) is 15.4 Å². The molecule has 0 aromatic heterocycles. The minimum absolute atomic E-state index is 0.197. The maximum Gasteiger partial charge on any atom is 0.186 e. The van der Waals surface area contributed by atoms with Gasteiger partial charge in [-0.3, -0.25) is 0 Å². The lowest BCUT2D eigenvalue weighted by Gasteiger charge is -2.40. The van der Waals surface area contributed by atoms with Gasteiger partial charge in [-0.1, -0.05) is 6.92 Å². The molecule has 1 aliphatic heterocycles. The van der Waals surface area contributed by atoms with Gasteiger partial charge in [0.05, 0.1) is 12.2 Å². The summed E-state index contributed by atoms with van der Waals surface area (Å²) in [5, 5.41) is 36.0. The van der Waals surface area contributed by atoms with Crippen LogP contribution < -0.4 is 5.39 Å². The van der Waals surface area contributed by atoms with E-state index in [2.05, 4.69) is 9.88 Å². The molecule has 4 N–H and O–H groups in total. The second kappa shape index (κ2) is 6.54. The summed E-state index contributed by atoms with van der Waals surface area (Å²) in [6.45, 7) is 1.44. The molecule has 1 heterocycles. The highest BCUT2D eigenvalue weighted by atomic mass is 17.4. The lowest BCUT2D eigenvalue weighted by Crippen LogP contribution is -3.03. The highest BCUT2D eigenvalue weighted by molar-refractivity contribution is 4.86. The number of hydrogen-bond donors (Lipinski definition) is 4. The molecule has 1 saturated heterocycles. The molecule has 1 rings (SSSR count). The van der Waals surface area contributed by atoms with Crippen LogP contribution in [0.1, 0.15) is 6.92 Å². The van der Waals surface area contributed by atoms with Gasteiger partial charge in [0.15, 0.2) is 6.29 Å². The van der Waals surface area contributed by atoms with Crippen molar-refractivity contribution in [2.24, 2.45) is 5.92 Å². The Morgan fingerprint density at radius 2 is 2.00 bits per heavy atom. The number of quaternary nitrogens is 1. The van der Waals surface area contributed by atoms with Gasteiger partial charge in [0.25, 0.3) is 0 Å². The van der Waals surface area contributed by atoms with E-state index < -0.39 is 35.9 Å². The van der Waals surface area contributed by atoms with Crippen molar-refractivity contribution in [3.05, 3.63) is 5.21 Å². The van der Waals surface area contributed by atoms with E-state index >= 15 is 0 Å². The molecule has 9 nitrogen and oxygen atoms in total. The number of aliphatic hydroxyl groups excluding tert-OH is 2. The Morgan fingerprint density at radius 3 is 2.53 bits per heavy atom. The van der Waals surface area contributed by atoms with Crippen molar-refractivity contribution in [1.29, 1.82) is 0 Å². The number of hydrogen-bond acceptors (Lipinski definition) is 8. The van der Waals surface area contributed by atoms with Gasteiger partial charge in [0.2, 0.25) is 0 Å². The molecule has 6 atom stereocenters. The molecule has 0 amide bonds. The lowest BCUT2D eigenvalue weighted by molar-refractivity contribution is -1.24. The Kier molecular flexibility index (Phi) is 5.66. The molecule has 0 radical (unpaired) electrons. The van der Waals surface area contributed by atoms with Crippen LogP contribution >= 0.6 is 0 Å². The Labute approximate surface area is 97.5 Å². The number of methoxy groups -OCH3 is 1. The first-order chi connectivity index (χ1) is 7.97. The summed E-state index contributed by atoms with van der Waals surface area (Å²) in [6, 6.07) is 0. The number of nitrogens with one attached hydrogen (secondary N) is 1. The van der Waals surface area contributed by atoms with Gasteiger partial charge in [0.1, 0.15) is 12.7 Å². The zero-order valence-corrected chi connectivity index (χ0v) is 9.48. The van der Waals surface area contributed by atoms with Crippen molar-refractivity contribution >= 4 is 0 Å². The fourth-order valence-corrected chi connectivity index (χ4v) is 1.61. The second-order valence-corrected chi connectivity index (χ2v) is 3.75. The van der Waals surface area contributed by atoms with Crippen LogP contribution in [0.15, 0.2) is 0 Å². The maximum absolute atomic E-state index is 10.1. The van der Waals surface area contributed by atoms with Gasteiger partial charge < -0.3 is 24.9 Å². The predicted octanol–water partition coefficient (Wildman–Crippen LogP) is -2.65. The molecule has 0 aromatic carbocycles. The summed E-state index contributed by atoms with van der Waals surface area (Å²) in [6.07, 6.45) is -3.84. The van der Waals surface area contributed by atoms with Crippen LogP contribution in [0.5, 0.6) is 0 Å². The van der Waals surface area contributed by atoms with E-state index in [4.69, 9.17) is 14.7 Å². The van der Waals surface area contributed by atoms with Gasteiger partial charge in [0, 0.05) is 18.0 Å². The molecule has 0 saturated carbocycles. The fraction of sp³-hybridized carbons (Fsp3) is 1.00. The average Bonchev–Trinajstić information content (AvgIpc) is 2.29. The highest BCUT2D eigenvalue weighted by Crippen LogP contribution is 2.26. The van der Waals surface area contributed by atoms with Crippen LogP contribution in [0.4, 0.5) is 0 Å². The van der Waals surface area contributed by atoms with E-state index in [1.54, 1.807) is 6.92 Å². The minimum atomic E-state index is -1.57. The quantitative estimate of drug-likeness (QED) is 0.310. The van der Waals surface area contributed by atoms with Crippen molar-refractivity contribution < 1.29 is 40.2 Å². The fourth-order valence-electron chi connectivity index (χ4n) is 1.61. The first-order valence-corrected chi connectivity index (χ1v) is 5.04. The van der Waals surface area contributed by atoms with Gasteiger partial charge >= 0.3 is 0 Å². The average molecular weight is 255 g/mol. The summed E-state index contributed by atoms with van der Waals surface area (Å²) >= 11 is 0. The van der Waals surface area contributed by atoms with Crippen LogP contribution in [0, 0.1) is 11.1 Å². The van der Waals surface area contributed by atoms with E-state index in [1.807, 2.05) is 0 Å². The normalized spacial score (nSPS) is 40.2. The molecule has 0 spiro atoms. The molecule has 102 valence electrons. The van der Waals surface area contributed by atoms with E-state index in [0.717, 1.165) is 0 Å². The summed E-state index contributed by atoms with van der Waals surface area (Å²) in [5.41, 5.74) is 0. The summed E-state index contributed by atoms with van der Waals surface area (Å²) in [7, 11) is 1.32. The molecule has 0 aliphatic carbocycles. The first kappa shape index (κ1) is 14.7. The number of aliphatic hydroxyl groups is 2. The molecule has 1 aliphatic rings. The Morgan fingerprint density at radius 1 is 1.35 bits per heavy atom. The van der Waals surface area contributed by atoms with E-state index in [1.165, 1.54) is 7.11 Å². The first-order valence-electron chi connectivity index (χ1n) is 5.04. The van der Waals surface area contributed by atoms with Gasteiger partial charge in [-0.15, -0.1) is 0 Å². The van der Waals surface area contributed by atoms with Crippen molar-refractivity contribution in [2.45, 2.75) is 31.5 Å². The minimum Gasteiger partial charge on any atom is -0.564 e. The zero-order valence-electron chi connectivity index (χ0n) is 9.48. The maximum atomic E-state index is 10.1. The zero-order chi connectivity index (χ0) is 13.0. The molecule has 0 bridgehead atoms. The topological polar surface area (TPSA) is 125 Å². The second-order valence-electron chi connectivity index (χ2n) is 3.75. The molecular formula is C8H17NO8. The Bertz CT molecular complexity index is 226. The monoisotopic (exact) mass is 255 g/mol. The van der Waals surface area contributed by atoms with Gasteiger partial charge in [-0.25, -0.2) is 0 Å². The van der Waals surface area contributed by atoms with E-state index in [0.29, 0.717) is 0 Å². The third-order valence-electron chi connectivity index (χ3n) is 2.66. The van der Waals surface area contributed by atoms with Crippen molar-refractivity contribution in [2.75, 3.05) is 13.7 Å². The van der Waals surface area contributed by atoms with Crippen LogP contribution in [0.2, 0.25) is 0 Å². The van der Waals surface area contributed by atoms with Crippen LogP contribution in [0.25, 0.3) is 0 Å². The summed E-state index contributed by atoms with van der Waals surface area (Å²) < 4.78 is 10.1. The Hall–Kier alpha value is -0.360. The molecule has 6 unspecified atom stereocenters. The van der Waals surface area contributed by atoms with E-state index in [-0.39, 0.29) is 6.61 Å². The summed E-state index contributed by atoms with van der Waals surface area (Å²) in [5.74, 6) is -0.450.